The summed E-state index contributed by atoms with van der Waals surface area (Å²) in [6.07, 6.45) is 2.52. The van der Waals surface area contributed by atoms with E-state index in [0.717, 1.165) is 37.3 Å². The molecule has 0 aliphatic carbocycles. The van der Waals surface area contributed by atoms with Crippen LogP contribution in [0.25, 0.3) is 0 Å². The van der Waals surface area contributed by atoms with Crippen LogP contribution in [-0.2, 0) is 11.2 Å². The van der Waals surface area contributed by atoms with Gasteiger partial charge in [-0.25, -0.2) is 0 Å². The highest BCUT2D eigenvalue weighted by atomic mass is 32.1. The Morgan fingerprint density at radius 1 is 1.08 bits per heavy atom. The van der Waals surface area contributed by atoms with Crippen LogP contribution in [-0.4, -0.2) is 24.1 Å². The summed E-state index contributed by atoms with van der Waals surface area (Å²) >= 11 is 5.32. The third-order valence-electron chi connectivity index (χ3n) is 4.05. The fourth-order valence-corrected chi connectivity index (χ4v) is 3.01. The molecule has 0 radical (unpaired) electrons. The van der Waals surface area contributed by atoms with Crippen LogP contribution < -0.4 is 15.5 Å². The molecule has 1 saturated heterocycles. The molecule has 1 amide bonds. The van der Waals surface area contributed by atoms with Gasteiger partial charge in [0, 0.05) is 30.9 Å². The van der Waals surface area contributed by atoms with Gasteiger partial charge in [-0.1, -0.05) is 30.3 Å². The van der Waals surface area contributed by atoms with Crippen molar-refractivity contribution in [1.29, 1.82) is 0 Å². The van der Waals surface area contributed by atoms with Crippen LogP contribution >= 0.6 is 12.2 Å². The van der Waals surface area contributed by atoms with Gasteiger partial charge in [0.25, 0.3) is 0 Å². The van der Waals surface area contributed by atoms with Gasteiger partial charge in [0.15, 0.2) is 5.11 Å². The van der Waals surface area contributed by atoms with Crippen LogP contribution in [0.2, 0.25) is 0 Å². The number of hydrogen-bond acceptors (Lipinski definition) is 2. The average Bonchev–Trinajstić information content (AvgIpc) is 3.03. The van der Waals surface area contributed by atoms with Crippen molar-refractivity contribution >= 4 is 34.6 Å². The van der Waals surface area contributed by atoms with Crippen molar-refractivity contribution in [2.75, 3.05) is 23.3 Å². The molecular weight excluding hydrogens is 318 g/mol. The highest BCUT2D eigenvalue weighted by Gasteiger charge is 2.21. The highest BCUT2D eigenvalue weighted by molar-refractivity contribution is 7.80. The first kappa shape index (κ1) is 16.5. The van der Waals surface area contributed by atoms with Crippen LogP contribution in [0.5, 0.6) is 0 Å². The quantitative estimate of drug-likeness (QED) is 0.820. The van der Waals surface area contributed by atoms with Gasteiger partial charge >= 0.3 is 0 Å². The Morgan fingerprint density at radius 2 is 1.83 bits per heavy atom. The van der Waals surface area contributed by atoms with E-state index in [1.807, 2.05) is 47.4 Å². The number of carbonyl (C=O) groups excluding carboxylic acids is 1. The summed E-state index contributed by atoms with van der Waals surface area (Å²) in [5.41, 5.74) is 3.15. The van der Waals surface area contributed by atoms with Crippen LogP contribution in [0.15, 0.2) is 54.6 Å². The molecule has 3 rings (SSSR count). The zero-order valence-electron chi connectivity index (χ0n) is 13.5. The topological polar surface area (TPSA) is 44.4 Å². The van der Waals surface area contributed by atoms with Crippen LogP contribution in [0.3, 0.4) is 0 Å². The van der Waals surface area contributed by atoms with E-state index in [1.165, 1.54) is 5.56 Å². The number of amides is 1. The smallest absolute Gasteiger partial charge is 0.227 e. The van der Waals surface area contributed by atoms with E-state index in [1.54, 1.807) is 0 Å². The molecule has 0 unspecified atom stereocenters. The second kappa shape index (κ2) is 7.93. The van der Waals surface area contributed by atoms with Gasteiger partial charge in [0.1, 0.15) is 0 Å². The lowest BCUT2D eigenvalue weighted by atomic mass is 10.1. The van der Waals surface area contributed by atoms with Crippen LogP contribution in [0, 0.1) is 0 Å². The van der Waals surface area contributed by atoms with Gasteiger partial charge in [-0.05, 0) is 54.9 Å². The number of nitrogens with zero attached hydrogens (tertiary/aromatic N) is 1. The molecule has 2 aromatic carbocycles. The fraction of sp³-hybridized carbons (Fsp3) is 0.263. The number of anilines is 2. The third-order valence-corrected chi connectivity index (χ3v) is 4.30. The summed E-state index contributed by atoms with van der Waals surface area (Å²) in [5.74, 6) is 0.203. The Bertz CT molecular complexity index is 700. The van der Waals surface area contributed by atoms with Crippen molar-refractivity contribution in [3.8, 4) is 0 Å². The van der Waals surface area contributed by atoms with Crippen molar-refractivity contribution in [2.45, 2.75) is 19.3 Å². The second-order valence-electron chi connectivity index (χ2n) is 5.81. The Labute approximate surface area is 147 Å². The van der Waals surface area contributed by atoms with E-state index in [-0.39, 0.29) is 5.91 Å². The number of rotatable bonds is 5. The molecule has 0 aromatic heterocycles. The molecule has 4 nitrogen and oxygen atoms in total. The molecule has 2 aromatic rings. The maximum Gasteiger partial charge on any atom is 0.227 e. The molecule has 2 N–H and O–H groups in total. The van der Waals surface area contributed by atoms with Gasteiger partial charge in [-0.15, -0.1) is 0 Å². The lowest BCUT2D eigenvalue weighted by molar-refractivity contribution is -0.117. The maximum atomic E-state index is 11.8. The standard InChI is InChI=1S/C19H21N3OS/c23-18-7-4-14-22(18)17-10-8-16(9-11-17)21-19(24)20-13-12-15-5-2-1-3-6-15/h1-3,5-6,8-11H,4,7,12-14H2,(H2,20,21,24). The van der Waals surface area contributed by atoms with Gasteiger partial charge in [-0.3, -0.25) is 4.79 Å². The van der Waals surface area contributed by atoms with E-state index >= 15 is 0 Å². The summed E-state index contributed by atoms with van der Waals surface area (Å²) < 4.78 is 0. The normalized spacial score (nSPS) is 13.8. The van der Waals surface area contributed by atoms with E-state index < -0.39 is 0 Å². The Balaban J connectivity index is 1.47. The minimum absolute atomic E-state index is 0.203. The van der Waals surface area contributed by atoms with E-state index in [4.69, 9.17) is 12.2 Å². The maximum absolute atomic E-state index is 11.8. The minimum Gasteiger partial charge on any atom is -0.362 e. The lowest BCUT2D eigenvalue weighted by Gasteiger charge is -2.16. The van der Waals surface area contributed by atoms with Crippen LogP contribution in [0.1, 0.15) is 18.4 Å². The molecule has 1 fully saturated rings. The first-order chi connectivity index (χ1) is 11.7. The zero-order valence-corrected chi connectivity index (χ0v) is 14.3. The number of benzene rings is 2. The molecule has 0 spiro atoms. The lowest BCUT2D eigenvalue weighted by Crippen LogP contribution is -2.30. The predicted molar refractivity (Wildman–Crippen MR) is 102 cm³/mol. The molecule has 1 heterocycles. The Morgan fingerprint density at radius 3 is 2.50 bits per heavy atom. The van der Waals surface area contributed by atoms with Crippen molar-refractivity contribution in [1.82, 2.24) is 5.32 Å². The third kappa shape index (κ3) is 4.32. The molecule has 0 saturated carbocycles. The summed E-state index contributed by atoms with van der Waals surface area (Å²) in [7, 11) is 0. The highest BCUT2D eigenvalue weighted by Crippen LogP contribution is 2.22. The predicted octanol–water partition coefficient (Wildman–Crippen LogP) is 3.34. The van der Waals surface area contributed by atoms with Gasteiger partial charge in [-0.2, -0.15) is 0 Å². The SMILES string of the molecule is O=C1CCCN1c1ccc(NC(=S)NCCc2ccccc2)cc1. The summed E-state index contributed by atoms with van der Waals surface area (Å²) in [5, 5.41) is 6.99. The minimum atomic E-state index is 0.203. The van der Waals surface area contributed by atoms with Gasteiger partial charge in [0.05, 0.1) is 0 Å². The molecule has 0 atom stereocenters. The van der Waals surface area contributed by atoms with Crippen molar-refractivity contribution in [3.63, 3.8) is 0 Å². The number of nitrogens with one attached hydrogen (secondary N) is 2. The number of hydrogen-bond donors (Lipinski definition) is 2. The Hall–Kier alpha value is -2.40. The fourth-order valence-electron chi connectivity index (χ4n) is 2.79. The first-order valence-electron chi connectivity index (χ1n) is 8.21. The summed E-state index contributed by atoms with van der Waals surface area (Å²) in [4.78, 5) is 13.6. The summed E-state index contributed by atoms with van der Waals surface area (Å²) in [6, 6.07) is 18.1. The van der Waals surface area contributed by atoms with Crippen molar-refractivity contribution in [2.24, 2.45) is 0 Å². The largest absolute Gasteiger partial charge is 0.362 e. The van der Waals surface area contributed by atoms with Crippen molar-refractivity contribution < 1.29 is 4.79 Å². The first-order valence-corrected chi connectivity index (χ1v) is 8.62. The number of carbonyl (C=O) groups is 1. The van der Waals surface area contributed by atoms with Gasteiger partial charge < -0.3 is 15.5 Å². The van der Waals surface area contributed by atoms with E-state index in [2.05, 4.69) is 22.8 Å². The molecule has 124 valence electrons. The molecule has 0 bridgehead atoms. The van der Waals surface area contributed by atoms with E-state index in [9.17, 15) is 4.79 Å². The molecule has 24 heavy (non-hydrogen) atoms. The molecule has 1 aliphatic rings. The average molecular weight is 339 g/mol. The molecular formula is C19H21N3OS. The monoisotopic (exact) mass is 339 g/mol. The van der Waals surface area contributed by atoms with Crippen LogP contribution in [0.4, 0.5) is 11.4 Å². The summed E-state index contributed by atoms with van der Waals surface area (Å²) in [6.45, 7) is 1.60. The van der Waals surface area contributed by atoms with Gasteiger partial charge in [0.2, 0.25) is 5.91 Å². The Kier molecular flexibility index (Phi) is 5.43. The zero-order chi connectivity index (χ0) is 16.8. The number of thiocarbonyl (C=S) groups is 1. The molecule has 1 aliphatic heterocycles. The van der Waals surface area contributed by atoms with E-state index in [0.29, 0.717) is 11.5 Å². The van der Waals surface area contributed by atoms with Crippen molar-refractivity contribution in [3.05, 3.63) is 60.2 Å². The second-order valence-corrected chi connectivity index (χ2v) is 6.22. The molecule has 5 heteroatoms.